The molecule has 0 fully saturated rings. The van der Waals surface area contributed by atoms with Gasteiger partial charge in [-0.05, 0) is 36.6 Å². The SMILES string of the molecule is O=C(NCCCN1CCc2ccccc21)c1ccc(-n2ccnc2)nc1. The Kier molecular flexibility index (Phi) is 4.64. The van der Waals surface area contributed by atoms with E-state index in [9.17, 15) is 4.79 Å². The first-order chi connectivity index (χ1) is 12.8. The van der Waals surface area contributed by atoms with Gasteiger partial charge in [0.15, 0.2) is 0 Å². The second-order valence-electron chi connectivity index (χ2n) is 6.35. The molecule has 26 heavy (non-hydrogen) atoms. The van der Waals surface area contributed by atoms with Crippen molar-refractivity contribution in [3.63, 3.8) is 0 Å². The molecule has 1 amide bonds. The van der Waals surface area contributed by atoms with Gasteiger partial charge < -0.3 is 10.2 Å². The number of hydrogen-bond acceptors (Lipinski definition) is 4. The fourth-order valence-corrected chi connectivity index (χ4v) is 3.28. The smallest absolute Gasteiger partial charge is 0.252 e. The molecule has 0 bridgehead atoms. The first-order valence-corrected chi connectivity index (χ1v) is 8.87. The van der Waals surface area contributed by atoms with Gasteiger partial charge in [0.25, 0.3) is 5.91 Å². The molecule has 3 heterocycles. The number of nitrogens with zero attached hydrogens (tertiary/aromatic N) is 4. The lowest BCUT2D eigenvalue weighted by Gasteiger charge is -2.19. The number of hydrogen-bond donors (Lipinski definition) is 1. The number of benzene rings is 1. The van der Waals surface area contributed by atoms with E-state index in [0.29, 0.717) is 12.1 Å². The molecule has 2 aromatic heterocycles. The van der Waals surface area contributed by atoms with E-state index >= 15 is 0 Å². The molecule has 6 nitrogen and oxygen atoms in total. The Bertz CT molecular complexity index is 873. The van der Waals surface area contributed by atoms with Gasteiger partial charge in [-0.3, -0.25) is 9.36 Å². The maximum Gasteiger partial charge on any atom is 0.252 e. The Balaban J connectivity index is 1.26. The Labute approximate surface area is 152 Å². The topological polar surface area (TPSA) is 63.1 Å². The van der Waals surface area contributed by atoms with Crippen LogP contribution in [0.25, 0.3) is 5.82 Å². The third-order valence-electron chi connectivity index (χ3n) is 4.65. The highest BCUT2D eigenvalue weighted by atomic mass is 16.1. The summed E-state index contributed by atoms with van der Waals surface area (Å²) in [5, 5.41) is 2.98. The van der Waals surface area contributed by atoms with Crippen LogP contribution in [0.4, 0.5) is 5.69 Å². The van der Waals surface area contributed by atoms with Gasteiger partial charge in [-0.15, -0.1) is 0 Å². The Morgan fingerprint density at radius 3 is 2.92 bits per heavy atom. The van der Waals surface area contributed by atoms with Crippen molar-refractivity contribution >= 4 is 11.6 Å². The van der Waals surface area contributed by atoms with Crippen molar-refractivity contribution in [3.8, 4) is 5.82 Å². The molecule has 0 atom stereocenters. The molecule has 1 N–H and O–H groups in total. The minimum Gasteiger partial charge on any atom is -0.371 e. The molecule has 0 spiro atoms. The number of carbonyl (C=O) groups excluding carboxylic acids is 1. The van der Waals surface area contributed by atoms with Crippen molar-refractivity contribution in [2.24, 2.45) is 0 Å². The molecule has 1 aliphatic heterocycles. The van der Waals surface area contributed by atoms with Crippen LogP contribution in [0, 0.1) is 0 Å². The van der Waals surface area contributed by atoms with Gasteiger partial charge in [0, 0.05) is 43.9 Å². The van der Waals surface area contributed by atoms with E-state index in [-0.39, 0.29) is 5.91 Å². The van der Waals surface area contributed by atoms with Crippen LogP contribution in [0.5, 0.6) is 0 Å². The van der Waals surface area contributed by atoms with E-state index in [2.05, 4.69) is 44.5 Å². The second kappa shape index (κ2) is 7.39. The van der Waals surface area contributed by atoms with Crippen LogP contribution in [-0.4, -0.2) is 40.1 Å². The highest BCUT2D eigenvalue weighted by Crippen LogP contribution is 2.27. The standard InChI is InChI=1S/C20H21N5O/c26-20(17-6-7-19(23-14-17)25-13-10-21-15-25)22-9-3-11-24-12-8-16-4-1-2-5-18(16)24/h1-2,4-7,10,13-15H,3,8-9,11-12H2,(H,22,26). The summed E-state index contributed by atoms with van der Waals surface area (Å²) >= 11 is 0. The van der Waals surface area contributed by atoms with Gasteiger partial charge in [0.05, 0.1) is 5.56 Å². The third-order valence-corrected chi connectivity index (χ3v) is 4.65. The maximum atomic E-state index is 12.3. The molecule has 0 saturated heterocycles. The molecule has 0 unspecified atom stereocenters. The monoisotopic (exact) mass is 347 g/mol. The predicted molar refractivity (Wildman–Crippen MR) is 101 cm³/mol. The zero-order chi connectivity index (χ0) is 17.8. The number of imidazole rings is 1. The van der Waals surface area contributed by atoms with Crippen LogP contribution >= 0.6 is 0 Å². The Morgan fingerprint density at radius 2 is 2.12 bits per heavy atom. The van der Waals surface area contributed by atoms with Gasteiger partial charge in [-0.1, -0.05) is 18.2 Å². The summed E-state index contributed by atoms with van der Waals surface area (Å²) in [6, 6.07) is 12.1. The summed E-state index contributed by atoms with van der Waals surface area (Å²) in [5.41, 5.74) is 3.32. The van der Waals surface area contributed by atoms with Gasteiger partial charge in [0.2, 0.25) is 0 Å². The van der Waals surface area contributed by atoms with E-state index in [4.69, 9.17) is 0 Å². The van der Waals surface area contributed by atoms with E-state index in [1.165, 1.54) is 11.3 Å². The van der Waals surface area contributed by atoms with E-state index in [1.807, 2.05) is 12.3 Å². The minimum absolute atomic E-state index is 0.0866. The van der Waals surface area contributed by atoms with Gasteiger partial charge in [0.1, 0.15) is 12.1 Å². The Hall–Kier alpha value is -3.15. The molecule has 0 aliphatic carbocycles. The van der Waals surface area contributed by atoms with Crippen LogP contribution in [-0.2, 0) is 6.42 Å². The fraction of sp³-hybridized carbons (Fsp3) is 0.250. The molecule has 1 aromatic carbocycles. The molecule has 1 aliphatic rings. The lowest BCUT2D eigenvalue weighted by molar-refractivity contribution is 0.0953. The second-order valence-corrected chi connectivity index (χ2v) is 6.35. The summed E-state index contributed by atoms with van der Waals surface area (Å²) in [6.45, 7) is 2.67. The zero-order valence-corrected chi connectivity index (χ0v) is 14.5. The Morgan fingerprint density at radius 1 is 1.19 bits per heavy atom. The van der Waals surface area contributed by atoms with Crippen molar-refractivity contribution in [2.45, 2.75) is 12.8 Å². The average molecular weight is 347 g/mol. The number of amides is 1. The number of carbonyl (C=O) groups is 1. The first-order valence-electron chi connectivity index (χ1n) is 8.87. The summed E-state index contributed by atoms with van der Waals surface area (Å²) in [6.07, 6.45) is 8.82. The largest absolute Gasteiger partial charge is 0.371 e. The number of fused-ring (bicyclic) bond motifs is 1. The van der Waals surface area contributed by atoms with E-state index in [0.717, 1.165) is 31.7 Å². The third kappa shape index (κ3) is 3.44. The first kappa shape index (κ1) is 16.3. The number of aromatic nitrogens is 3. The van der Waals surface area contributed by atoms with Crippen LogP contribution in [0.1, 0.15) is 22.3 Å². The lowest BCUT2D eigenvalue weighted by Crippen LogP contribution is -2.29. The van der Waals surface area contributed by atoms with Crippen molar-refractivity contribution in [3.05, 3.63) is 72.4 Å². The molecular weight excluding hydrogens is 326 g/mol. The summed E-state index contributed by atoms with van der Waals surface area (Å²) in [7, 11) is 0. The normalized spacial score (nSPS) is 12.8. The number of rotatable bonds is 6. The van der Waals surface area contributed by atoms with Crippen LogP contribution in [0.2, 0.25) is 0 Å². The fourth-order valence-electron chi connectivity index (χ4n) is 3.28. The summed E-state index contributed by atoms with van der Waals surface area (Å²) < 4.78 is 1.80. The van der Waals surface area contributed by atoms with Crippen LogP contribution < -0.4 is 10.2 Å². The molecular formula is C20H21N5O. The zero-order valence-electron chi connectivity index (χ0n) is 14.5. The van der Waals surface area contributed by atoms with E-state index < -0.39 is 0 Å². The number of anilines is 1. The number of nitrogens with one attached hydrogen (secondary N) is 1. The van der Waals surface area contributed by atoms with Crippen molar-refractivity contribution in [2.75, 3.05) is 24.5 Å². The summed E-state index contributed by atoms with van der Waals surface area (Å²) in [4.78, 5) is 22.9. The van der Waals surface area contributed by atoms with Crippen molar-refractivity contribution in [1.82, 2.24) is 19.9 Å². The van der Waals surface area contributed by atoms with Gasteiger partial charge in [-0.25, -0.2) is 9.97 Å². The average Bonchev–Trinajstić information content (AvgIpc) is 3.35. The van der Waals surface area contributed by atoms with Gasteiger partial charge in [-0.2, -0.15) is 0 Å². The minimum atomic E-state index is -0.0866. The molecule has 132 valence electrons. The maximum absolute atomic E-state index is 12.3. The predicted octanol–water partition coefficient (Wildman–Crippen LogP) is 2.45. The van der Waals surface area contributed by atoms with E-state index in [1.54, 1.807) is 29.4 Å². The lowest BCUT2D eigenvalue weighted by atomic mass is 10.2. The highest BCUT2D eigenvalue weighted by Gasteiger charge is 2.17. The van der Waals surface area contributed by atoms with Crippen LogP contribution in [0.3, 0.4) is 0 Å². The summed E-state index contributed by atoms with van der Waals surface area (Å²) in [5.74, 6) is 0.656. The number of para-hydroxylation sites is 1. The molecule has 0 radical (unpaired) electrons. The van der Waals surface area contributed by atoms with Crippen molar-refractivity contribution < 1.29 is 4.79 Å². The highest BCUT2D eigenvalue weighted by molar-refractivity contribution is 5.93. The molecule has 6 heteroatoms. The number of pyridine rings is 1. The van der Waals surface area contributed by atoms with Crippen LogP contribution in [0.15, 0.2) is 61.3 Å². The molecule has 3 aromatic rings. The van der Waals surface area contributed by atoms with Gasteiger partial charge >= 0.3 is 0 Å². The van der Waals surface area contributed by atoms with Crippen molar-refractivity contribution in [1.29, 1.82) is 0 Å². The molecule has 4 rings (SSSR count). The molecule has 0 saturated carbocycles. The quantitative estimate of drug-likeness (QED) is 0.696.